The van der Waals surface area contributed by atoms with E-state index in [9.17, 15) is 0 Å². The fraction of sp³-hybridized carbons (Fsp3) is 0.692. The monoisotopic (exact) mass is 225 g/mol. The van der Waals surface area contributed by atoms with Gasteiger partial charge in [-0.3, -0.25) is 0 Å². The molecule has 0 fully saturated rings. The van der Waals surface area contributed by atoms with Crippen LogP contribution in [-0.2, 0) is 6.42 Å². The number of nitrogens with one attached hydrogen (secondary N) is 1. The number of hydrogen-bond acceptors (Lipinski definition) is 2. The first-order chi connectivity index (χ1) is 7.13. The maximum absolute atomic E-state index is 3.67. The number of rotatable bonds is 6. The van der Waals surface area contributed by atoms with Crippen LogP contribution in [0.3, 0.4) is 0 Å². The topological polar surface area (TPSA) is 12.0 Å². The third-order valence-electron chi connectivity index (χ3n) is 3.17. The maximum atomic E-state index is 3.67. The molecule has 0 amide bonds. The van der Waals surface area contributed by atoms with Crippen LogP contribution in [-0.4, -0.2) is 12.1 Å². The summed E-state index contributed by atoms with van der Waals surface area (Å²) in [5.41, 5.74) is 1.45. The Labute approximate surface area is 97.9 Å². The van der Waals surface area contributed by atoms with Crippen molar-refractivity contribution < 1.29 is 0 Å². The zero-order valence-electron chi connectivity index (χ0n) is 10.3. The van der Waals surface area contributed by atoms with Crippen molar-refractivity contribution in [3.63, 3.8) is 0 Å². The van der Waals surface area contributed by atoms with Gasteiger partial charge in [0.1, 0.15) is 0 Å². The van der Waals surface area contributed by atoms with Crippen LogP contribution in [0.25, 0.3) is 0 Å². The third kappa shape index (κ3) is 4.35. The molecule has 0 aliphatic carbocycles. The van der Waals surface area contributed by atoms with Gasteiger partial charge in [-0.1, -0.05) is 20.3 Å². The van der Waals surface area contributed by atoms with Gasteiger partial charge in [-0.05, 0) is 48.6 Å². The number of thiophene rings is 1. The molecule has 1 nitrogen and oxygen atoms in total. The van der Waals surface area contributed by atoms with Gasteiger partial charge in [-0.2, -0.15) is 11.3 Å². The van der Waals surface area contributed by atoms with E-state index in [-0.39, 0.29) is 0 Å². The Morgan fingerprint density at radius 3 is 2.60 bits per heavy atom. The quantitative estimate of drug-likeness (QED) is 0.778. The molecule has 1 N–H and O–H groups in total. The van der Waals surface area contributed by atoms with Gasteiger partial charge in [0.25, 0.3) is 0 Å². The van der Waals surface area contributed by atoms with Crippen LogP contribution in [0.4, 0.5) is 0 Å². The van der Waals surface area contributed by atoms with Crippen LogP contribution in [0.1, 0.15) is 39.7 Å². The largest absolute Gasteiger partial charge is 0.311 e. The summed E-state index contributed by atoms with van der Waals surface area (Å²) in [6, 6.07) is 3.41. The summed E-state index contributed by atoms with van der Waals surface area (Å²) in [6.45, 7) is 9.14. The standard InChI is InChI=1S/C13H23NS/c1-5-10(2)12(4)14-11(3)8-13-6-7-15-9-13/h6-7,9-12,14H,5,8H2,1-4H3. The lowest BCUT2D eigenvalue weighted by Crippen LogP contribution is -2.39. The minimum absolute atomic E-state index is 0.573. The average molecular weight is 225 g/mol. The number of hydrogen-bond donors (Lipinski definition) is 1. The van der Waals surface area contributed by atoms with Crippen molar-refractivity contribution in [2.45, 2.75) is 52.6 Å². The fourth-order valence-corrected chi connectivity index (χ4v) is 2.47. The molecule has 1 aromatic heterocycles. The maximum Gasteiger partial charge on any atom is 0.00820 e. The molecular weight excluding hydrogens is 202 g/mol. The first-order valence-electron chi connectivity index (χ1n) is 5.90. The SMILES string of the molecule is CCC(C)C(C)NC(C)Cc1ccsc1. The molecule has 0 spiro atoms. The first-order valence-corrected chi connectivity index (χ1v) is 6.84. The van der Waals surface area contributed by atoms with Crippen molar-refractivity contribution in [2.24, 2.45) is 5.92 Å². The predicted octanol–water partition coefficient (Wildman–Crippen LogP) is 3.70. The van der Waals surface area contributed by atoms with Crippen LogP contribution in [0, 0.1) is 5.92 Å². The molecule has 1 aromatic rings. The van der Waals surface area contributed by atoms with Gasteiger partial charge in [-0.15, -0.1) is 0 Å². The Kier molecular flexibility index (Phi) is 5.34. The van der Waals surface area contributed by atoms with E-state index in [2.05, 4.69) is 49.8 Å². The molecule has 1 rings (SSSR count). The highest BCUT2D eigenvalue weighted by atomic mass is 32.1. The highest BCUT2D eigenvalue weighted by Gasteiger charge is 2.13. The molecule has 0 aromatic carbocycles. The van der Waals surface area contributed by atoms with Gasteiger partial charge in [0, 0.05) is 12.1 Å². The van der Waals surface area contributed by atoms with Gasteiger partial charge in [0.15, 0.2) is 0 Å². The molecule has 0 radical (unpaired) electrons. The normalized spacial score (nSPS) is 17.3. The summed E-state index contributed by atoms with van der Waals surface area (Å²) in [6.07, 6.45) is 2.39. The lowest BCUT2D eigenvalue weighted by atomic mass is 9.99. The summed E-state index contributed by atoms with van der Waals surface area (Å²) in [4.78, 5) is 0. The summed E-state index contributed by atoms with van der Waals surface area (Å²) in [7, 11) is 0. The second-order valence-electron chi connectivity index (χ2n) is 4.58. The van der Waals surface area contributed by atoms with Gasteiger partial charge >= 0.3 is 0 Å². The van der Waals surface area contributed by atoms with Crippen molar-refractivity contribution in [1.29, 1.82) is 0 Å². The highest BCUT2D eigenvalue weighted by Crippen LogP contribution is 2.11. The van der Waals surface area contributed by atoms with Crippen molar-refractivity contribution in [1.82, 2.24) is 5.32 Å². The lowest BCUT2D eigenvalue weighted by molar-refractivity contribution is 0.355. The van der Waals surface area contributed by atoms with Crippen LogP contribution >= 0.6 is 11.3 Å². The predicted molar refractivity (Wildman–Crippen MR) is 69.5 cm³/mol. The Bertz CT molecular complexity index is 256. The van der Waals surface area contributed by atoms with E-state index in [4.69, 9.17) is 0 Å². The average Bonchev–Trinajstić information content (AvgIpc) is 2.68. The second-order valence-corrected chi connectivity index (χ2v) is 5.36. The van der Waals surface area contributed by atoms with E-state index in [0.29, 0.717) is 12.1 Å². The Morgan fingerprint density at radius 2 is 2.07 bits per heavy atom. The summed E-state index contributed by atoms with van der Waals surface area (Å²) in [5, 5.41) is 8.07. The van der Waals surface area contributed by atoms with Crippen LogP contribution in [0.2, 0.25) is 0 Å². The molecule has 1 heterocycles. The Hall–Kier alpha value is -0.340. The van der Waals surface area contributed by atoms with Gasteiger partial charge in [0.05, 0.1) is 0 Å². The van der Waals surface area contributed by atoms with Gasteiger partial charge < -0.3 is 5.32 Å². The molecule has 3 unspecified atom stereocenters. The van der Waals surface area contributed by atoms with Gasteiger partial charge in [-0.25, -0.2) is 0 Å². The third-order valence-corrected chi connectivity index (χ3v) is 3.90. The van der Waals surface area contributed by atoms with Crippen molar-refractivity contribution in [3.8, 4) is 0 Å². The smallest absolute Gasteiger partial charge is 0.00820 e. The zero-order valence-corrected chi connectivity index (χ0v) is 11.1. The minimum Gasteiger partial charge on any atom is -0.311 e. The molecule has 86 valence electrons. The zero-order chi connectivity index (χ0) is 11.3. The van der Waals surface area contributed by atoms with Crippen molar-refractivity contribution in [2.75, 3.05) is 0 Å². The molecule has 0 saturated heterocycles. The Morgan fingerprint density at radius 1 is 1.33 bits per heavy atom. The van der Waals surface area contributed by atoms with E-state index in [0.717, 1.165) is 12.3 Å². The minimum atomic E-state index is 0.573. The van der Waals surface area contributed by atoms with E-state index >= 15 is 0 Å². The molecule has 0 bridgehead atoms. The summed E-state index contributed by atoms with van der Waals surface area (Å²) < 4.78 is 0. The molecule has 2 heteroatoms. The molecule has 0 aliphatic rings. The van der Waals surface area contributed by atoms with Crippen LogP contribution < -0.4 is 5.32 Å². The Balaban J connectivity index is 2.32. The summed E-state index contributed by atoms with van der Waals surface area (Å²) >= 11 is 1.78. The van der Waals surface area contributed by atoms with E-state index in [1.54, 1.807) is 11.3 Å². The van der Waals surface area contributed by atoms with Crippen molar-refractivity contribution in [3.05, 3.63) is 22.4 Å². The summed E-state index contributed by atoms with van der Waals surface area (Å²) in [5.74, 6) is 0.759. The van der Waals surface area contributed by atoms with Crippen LogP contribution in [0.15, 0.2) is 16.8 Å². The molecule has 3 atom stereocenters. The fourth-order valence-electron chi connectivity index (χ4n) is 1.79. The van der Waals surface area contributed by atoms with E-state index in [1.807, 2.05) is 0 Å². The molecule has 0 aliphatic heterocycles. The molecular formula is C13H23NS. The van der Waals surface area contributed by atoms with E-state index in [1.165, 1.54) is 12.0 Å². The molecule has 0 saturated carbocycles. The van der Waals surface area contributed by atoms with Crippen molar-refractivity contribution >= 4 is 11.3 Å². The highest BCUT2D eigenvalue weighted by molar-refractivity contribution is 7.07. The van der Waals surface area contributed by atoms with E-state index < -0.39 is 0 Å². The van der Waals surface area contributed by atoms with Crippen LogP contribution in [0.5, 0.6) is 0 Å². The first kappa shape index (κ1) is 12.7. The van der Waals surface area contributed by atoms with Gasteiger partial charge in [0.2, 0.25) is 0 Å². The molecule has 15 heavy (non-hydrogen) atoms. The second kappa shape index (κ2) is 6.29. The lowest BCUT2D eigenvalue weighted by Gasteiger charge is -2.24.